The molecule has 0 aromatic rings. The Morgan fingerprint density at radius 1 is 1.11 bits per heavy atom. The van der Waals surface area contributed by atoms with Crippen LogP contribution in [0, 0.1) is 5.92 Å². The van der Waals surface area contributed by atoms with Crippen molar-refractivity contribution in [3.8, 4) is 0 Å². The summed E-state index contributed by atoms with van der Waals surface area (Å²) in [6.45, 7) is 2.90. The first-order valence-electron chi connectivity index (χ1n) is 7.51. The van der Waals surface area contributed by atoms with Crippen molar-refractivity contribution in [2.45, 2.75) is 64.0 Å². The zero-order chi connectivity index (χ0) is 13.7. The molecule has 5 nitrogen and oxygen atoms in total. The Kier molecular flexibility index (Phi) is 5.05. The monoisotopic (exact) mass is 267 g/mol. The van der Waals surface area contributed by atoms with E-state index in [0.717, 1.165) is 32.2 Å². The van der Waals surface area contributed by atoms with Gasteiger partial charge in [0.2, 0.25) is 5.91 Å². The molecule has 1 saturated heterocycles. The molecule has 0 radical (unpaired) electrons. The second-order valence-corrected chi connectivity index (χ2v) is 5.83. The Hall–Kier alpha value is -1.26. The third-order valence-electron chi connectivity index (χ3n) is 4.27. The zero-order valence-corrected chi connectivity index (χ0v) is 11.7. The molecule has 3 amide bonds. The molecule has 1 aliphatic carbocycles. The van der Waals surface area contributed by atoms with Crippen LogP contribution in [0.2, 0.25) is 0 Å². The minimum atomic E-state index is -0.374. The van der Waals surface area contributed by atoms with Crippen LogP contribution in [0.15, 0.2) is 0 Å². The fourth-order valence-electron chi connectivity index (χ4n) is 2.98. The maximum atomic E-state index is 12.0. The molecule has 0 aromatic heterocycles. The van der Waals surface area contributed by atoms with E-state index in [-0.39, 0.29) is 24.0 Å². The zero-order valence-electron chi connectivity index (χ0n) is 11.7. The highest BCUT2D eigenvalue weighted by Gasteiger charge is 2.26. The van der Waals surface area contributed by atoms with E-state index in [0.29, 0.717) is 5.92 Å². The second-order valence-electron chi connectivity index (χ2n) is 5.83. The lowest BCUT2D eigenvalue weighted by molar-refractivity contribution is -0.122. The average molecular weight is 267 g/mol. The Balaban J connectivity index is 1.81. The Morgan fingerprint density at radius 3 is 2.63 bits per heavy atom. The number of carbonyl (C=O) groups is 2. The molecule has 1 saturated carbocycles. The van der Waals surface area contributed by atoms with E-state index in [1.165, 1.54) is 19.3 Å². The lowest BCUT2D eigenvalue weighted by atomic mass is 9.86. The lowest BCUT2D eigenvalue weighted by Gasteiger charge is -2.30. The molecule has 19 heavy (non-hydrogen) atoms. The summed E-state index contributed by atoms with van der Waals surface area (Å²) in [5.41, 5.74) is 0. The van der Waals surface area contributed by atoms with E-state index < -0.39 is 0 Å². The standard InChI is InChI=1S/C14H25N3O2/c1-10-6-2-3-7-11(10)16-14(19)17-12-8-4-5-9-15-13(12)18/h10-12H,2-9H2,1H3,(H,15,18)(H2,16,17,19). The van der Waals surface area contributed by atoms with Gasteiger partial charge in [-0.15, -0.1) is 0 Å². The number of rotatable bonds is 2. The van der Waals surface area contributed by atoms with Crippen LogP contribution in [-0.2, 0) is 4.79 Å². The summed E-state index contributed by atoms with van der Waals surface area (Å²) in [4.78, 5) is 23.7. The van der Waals surface area contributed by atoms with Crippen molar-refractivity contribution in [3.63, 3.8) is 0 Å². The Bertz CT molecular complexity index is 333. The smallest absolute Gasteiger partial charge is 0.315 e. The summed E-state index contributed by atoms with van der Waals surface area (Å²) in [7, 11) is 0. The molecule has 2 rings (SSSR count). The van der Waals surface area contributed by atoms with Crippen molar-refractivity contribution < 1.29 is 9.59 Å². The van der Waals surface area contributed by atoms with Gasteiger partial charge in [0.05, 0.1) is 0 Å². The molecule has 5 heteroatoms. The molecule has 0 bridgehead atoms. The topological polar surface area (TPSA) is 70.2 Å². The van der Waals surface area contributed by atoms with Gasteiger partial charge in [0.15, 0.2) is 0 Å². The average Bonchev–Trinajstić information content (AvgIpc) is 2.58. The van der Waals surface area contributed by atoms with Crippen LogP contribution >= 0.6 is 0 Å². The van der Waals surface area contributed by atoms with E-state index in [1.54, 1.807) is 0 Å². The highest BCUT2D eigenvalue weighted by molar-refractivity contribution is 5.87. The number of hydrogen-bond donors (Lipinski definition) is 3. The van der Waals surface area contributed by atoms with Crippen molar-refractivity contribution >= 4 is 11.9 Å². The van der Waals surface area contributed by atoms with Gasteiger partial charge in [-0.25, -0.2) is 4.79 Å². The number of hydrogen-bond acceptors (Lipinski definition) is 2. The van der Waals surface area contributed by atoms with Gasteiger partial charge in [0, 0.05) is 12.6 Å². The summed E-state index contributed by atoms with van der Waals surface area (Å²) in [5, 5.41) is 8.67. The van der Waals surface area contributed by atoms with Crippen molar-refractivity contribution in [3.05, 3.63) is 0 Å². The van der Waals surface area contributed by atoms with Crippen molar-refractivity contribution in [2.24, 2.45) is 5.92 Å². The van der Waals surface area contributed by atoms with Gasteiger partial charge in [-0.3, -0.25) is 4.79 Å². The highest BCUT2D eigenvalue weighted by Crippen LogP contribution is 2.23. The Labute approximate surface area is 114 Å². The first kappa shape index (κ1) is 14.2. The van der Waals surface area contributed by atoms with Gasteiger partial charge in [-0.05, 0) is 38.0 Å². The van der Waals surface area contributed by atoms with Gasteiger partial charge in [0.1, 0.15) is 6.04 Å². The van der Waals surface area contributed by atoms with Gasteiger partial charge in [0.25, 0.3) is 0 Å². The van der Waals surface area contributed by atoms with Gasteiger partial charge < -0.3 is 16.0 Å². The predicted octanol–water partition coefficient (Wildman–Crippen LogP) is 1.53. The predicted molar refractivity (Wildman–Crippen MR) is 73.7 cm³/mol. The summed E-state index contributed by atoms with van der Waals surface area (Å²) in [5.74, 6) is 0.479. The maximum Gasteiger partial charge on any atom is 0.315 e. The van der Waals surface area contributed by atoms with Crippen LogP contribution in [0.5, 0.6) is 0 Å². The third kappa shape index (κ3) is 4.11. The molecule has 3 unspecified atom stereocenters. The molecule has 2 fully saturated rings. The minimum Gasteiger partial charge on any atom is -0.354 e. The van der Waals surface area contributed by atoms with Crippen molar-refractivity contribution in [2.75, 3.05) is 6.54 Å². The first-order chi connectivity index (χ1) is 9.16. The first-order valence-corrected chi connectivity index (χ1v) is 7.51. The van der Waals surface area contributed by atoms with E-state index in [4.69, 9.17) is 0 Å². The van der Waals surface area contributed by atoms with Crippen LogP contribution in [0.4, 0.5) is 4.79 Å². The number of amides is 3. The van der Waals surface area contributed by atoms with Gasteiger partial charge in [-0.2, -0.15) is 0 Å². The van der Waals surface area contributed by atoms with Crippen LogP contribution in [0.25, 0.3) is 0 Å². The van der Waals surface area contributed by atoms with Crippen LogP contribution in [0.1, 0.15) is 51.9 Å². The normalized spacial score (nSPS) is 32.1. The van der Waals surface area contributed by atoms with Crippen LogP contribution < -0.4 is 16.0 Å². The molecular formula is C14H25N3O2. The highest BCUT2D eigenvalue weighted by atomic mass is 16.2. The fraction of sp³-hybridized carbons (Fsp3) is 0.857. The molecule has 3 N–H and O–H groups in total. The fourth-order valence-corrected chi connectivity index (χ4v) is 2.98. The SMILES string of the molecule is CC1CCCCC1NC(=O)NC1CCCCNC1=O. The lowest BCUT2D eigenvalue weighted by Crippen LogP contribution is -2.52. The summed E-state index contributed by atoms with van der Waals surface area (Å²) in [6.07, 6.45) is 7.36. The maximum absolute atomic E-state index is 12.0. The largest absolute Gasteiger partial charge is 0.354 e. The molecule has 1 aliphatic heterocycles. The van der Waals surface area contributed by atoms with E-state index in [2.05, 4.69) is 22.9 Å². The molecular weight excluding hydrogens is 242 g/mol. The van der Waals surface area contributed by atoms with Gasteiger partial charge in [-0.1, -0.05) is 19.8 Å². The second kappa shape index (κ2) is 6.78. The molecule has 2 aliphatic rings. The van der Waals surface area contributed by atoms with Gasteiger partial charge >= 0.3 is 6.03 Å². The van der Waals surface area contributed by atoms with E-state index in [1.807, 2.05) is 0 Å². The molecule has 1 heterocycles. The van der Waals surface area contributed by atoms with Crippen molar-refractivity contribution in [1.29, 1.82) is 0 Å². The van der Waals surface area contributed by atoms with Crippen molar-refractivity contribution in [1.82, 2.24) is 16.0 Å². The van der Waals surface area contributed by atoms with E-state index in [9.17, 15) is 9.59 Å². The Morgan fingerprint density at radius 2 is 1.84 bits per heavy atom. The summed E-state index contributed by atoms with van der Waals surface area (Å²) < 4.78 is 0. The van der Waals surface area contributed by atoms with E-state index >= 15 is 0 Å². The molecule has 3 atom stereocenters. The molecule has 108 valence electrons. The number of nitrogens with one attached hydrogen (secondary N) is 3. The minimum absolute atomic E-state index is 0.0515. The third-order valence-corrected chi connectivity index (χ3v) is 4.27. The number of urea groups is 1. The molecule has 0 aromatic carbocycles. The summed E-state index contributed by atoms with van der Waals surface area (Å²) in [6, 6.07) is -0.315. The van der Waals surface area contributed by atoms with Crippen LogP contribution in [0.3, 0.4) is 0 Å². The number of carbonyl (C=O) groups excluding carboxylic acids is 2. The van der Waals surface area contributed by atoms with Crippen LogP contribution in [-0.4, -0.2) is 30.6 Å². The quantitative estimate of drug-likeness (QED) is 0.710. The molecule has 0 spiro atoms. The summed E-state index contributed by atoms with van der Waals surface area (Å²) >= 11 is 0.